The molecule has 0 radical (unpaired) electrons. The minimum Gasteiger partial charge on any atom is -0.479 e. The molecule has 0 bridgehead atoms. The Morgan fingerprint density at radius 3 is 2.21 bits per heavy atom. The minimum atomic E-state index is -1.63. The molecule has 1 aliphatic rings. The van der Waals surface area contributed by atoms with E-state index in [2.05, 4.69) is 0 Å². The first-order chi connectivity index (χ1) is 6.49. The van der Waals surface area contributed by atoms with E-state index in [1.807, 2.05) is 0 Å². The molecule has 14 heavy (non-hydrogen) atoms. The molecule has 0 saturated carbocycles. The monoisotopic (exact) mass is 201 g/mol. The number of carboxylic acid groups (broad SMARTS) is 1. The molecule has 5 nitrogen and oxygen atoms in total. The zero-order valence-corrected chi connectivity index (χ0v) is 8.19. The van der Waals surface area contributed by atoms with Gasteiger partial charge in [0.1, 0.15) is 0 Å². The molecule has 0 unspecified atom stereocenters. The highest BCUT2D eigenvalue weighted by atomic mass is 16.4. The van der Waals surface area contributed by atoms with Crippen molar-refractivity contribution in [2.75, 3.05) is 13.1 Å². The van der Waals surface area contributed by atoms with Crippen molar-refractivity contribution in [2.45, 2.75) is 31.8 Å². The zero-order valence-electron chi connectivity index (χ0n) is 8.19. The van der Waals surface area contributed by atoms with Gasteiger partial charge in [0.15, 0.2) is 5.60 Å². The van der Waals surface area contributed by atoms with Crippen LogP contribution in [0.25, 0.3) is 0 Å². The molecular weight excluding hydrogens is 186 g/mol. The van der Waals surface area contributed by atoms with Crippen molar-refractivity contribution >= 4 is 11.9 Å². The number of nitrogens with zero attached hydrogens (tertiary/aromatic N) is 1. The van der Waals surface area contributed by atoms with Crippen LogP contribution in [0.15, 0.2) is 0 Å². The number of hydrogen-bond donors (Lipinski definition) is 2. The van der Waals surface area contributed by atoms with Gasteiger partial charge >= 0.3 is 5.97 Å². The average molecular weight is 201 g/mol. The lowest BCUT2D eigenvalue weighted by molar-refractivity contribution is -0.165. The first-order valence-electron chi connectivity index (χ1n) is 4.73. The van der Waals surface area contributed by atoms with Gasteiger partial charge in [-0.1, -0.05) is 6.92 Å². The molecule has 1 amide bonds. The Hall–Kier alpha value is -1.10. The SMILES string of the molecule is CCC(=O)N1CCC(O)(C(=O)O)CC1. The fourth-order valence-corrected chi connectivity index (χ4v) is 1.56. The second-order valence-electron chi connectivity index (χ2n) is 3.57. The summed E-state index contributed by atoms with van der Waals surface area (Å²) in [6.45, 7) is 2.42. The van der Waals surface area contributed by atoms with Gasteiger partial charge in [-0.15, -0.1) is 0 Å². The van der Waals surface area contributed by atoms with Crippen LogP contribution >= 0.6 is 0 Å². The number of carboxylic acids is 1. The predicted octanol–water partition coefficient (Wildman–Crippen LogP) is -0.166. The molecule has 1 fully saturated rings. The normalized spacial score (nSPS) is 20.6. The highest BCUT2D eigenvalue weighted by Gasteiger charge is 2.39. The molecule has 2 N–H and O–H groups in total. The maximum absolute atomic E-state index is 11.2. The highest BCUT2D eigenvalue weighted by Crippen LogP contribution is 2.22. The number of piperidine rings is 1. The van der Waals surface area contributed by atoms with E-state index in [1.54, 1.807) is 11.8 Å². The predicted molar refractivity (Wildman–Crippen MR) is 48.7 cm³/mol. The van der Waals surface area contributed by atoms with Crippen LogP contribution in [0.1, 0.15) is 26.2 Å². The van der Waals surface area contributed by atoms with Gasteiger partial charge in [0, 0.05) is 32.4 Å². The van der Waals surface area contributed by atoms with E-state index in [9.17, 15) is 14.7 Å². The molecule has 0 spiro atoms. The fraction of sp³-hybridized carbons (Fsp3) is 0.778. The Balaban J connectivity index is 2.54. The Labute approximate surface area is 82.3 Å². The van der Waals surface area contributed by atoms with Crippen molar-refractivity contribution in [3.05, 3.63) is 0 Å². The summed E-state index contributed by atoms with van der Waals surface area (Å²) in [6, 6.07) is 0. The van der Waals surface area contributed by atoms with Gasteiger partial charge in [-0.05, 0) is 0 Å². The molecule has 1 rings (SSSR count). The van der Waals surface area contributed by atoms with Crippen molar-refractivity contribution in [3.8, 4) is 0 Å². The van der Waals surface area contributed by atoms with Crippen molar-refractivity contribution in [1.29, 1.82) is 0 Å². The molecule has 1 heterocycles. The highest BCUT2D eigenvalue weighted by molar-refractivity contribution is 5.79. The number of amides is 1. The van der Waals surface area contributed by atoms with Crippen molar-refractivity contribution in [2.24, 2.45) is 0 Å². The van der Waals surface area contributed by atoms with Crippen LogP contribution in [-0.2, 0) is 9.59 Å². The summed E-state index contributed by atoms with van der Waals surface area (Å²) in [7, 11) is 0. The van der Waals surface area contributed by atoms with Gasteiger partial charge in [-0.25, -0.2) is 4.79 Å². The Morgan fingerprint density at radius 1 is 1.36 bits per heavy atom. The van der Waals surface area contributed by atoms with Crippen LogP contribution in [0.5, 0.6) is 0 Å². The molecule has 0 aromatic rings. The van der Waals surface area contributed by atoms with Crippen LogP contribution in [0, 0.1) is 0 Å². The van der Waals surface area contributed by atoms with Crippen molar-refractivity contribution in [3.63, 3.8) is 0 Å². The summed E-state index contributed by atoms with van der Waals surface area (Å²) in [4.78, 5) is 23.5. The average Bonchev–Trinajstić information content (AvgIpc) is 2.17. The fourth-order valence-electron chi connectivity index (χ4n) is 1.56. The first kappa shape index (κ1) is 11.0. The topological polar surface area (TPSA) is 77.8 Å². The number of carbonyl (C=O) groups excluding carboxylic acids is 1. The van der Waals surface area contributed by atoms with E-state index < -0.39 is 11.6 Å². The second-order valence-corrected chi connectivity index (χ2v) is 3.57. The largest absolute Gasteiger partial charge is 0.479 e. The number of rotatable bonds is 2. The van der Waals surface area contributed by atoms with Crippen LogP contribution in [0.2, 0.25) is 0 Å². The minimum absolute atomic E-state index is 0.0115. The summed E-state index contributed by atoms with van der Waals surface area (Å²) in [6.07, 6.45) is 0.660. The summed E-state index contributed by atoms with van der Waals surface area (Å²) in [5.74, 6) is -1.18. The van der Waals surface area contributed by atoms with Gasteiger partial charge in [-0.3, -0.25) is 4.79 Å². The van der Waals surface area contributed by atoms with Crippen LogP contribution in [-0.4, -0.2) is 45.7 Å². The Bertz CT molecular complexity index is 243. The van der Waals surface area contributed by atoms with Gasteiger partial charge < -0.3 is 15.1 Å². The lowest BCUT2D eigenvalue weighted by Gasteiger charge is -2.35. The van der Waals surface area contributed by atoms with Gasteiger partial charge in [0.25, 0.3) is 0 Å². The molecule has 0 aromatic heterocycles. The lowest BCUT2D eigenvalue weighted by atomic mass is 9.91. The van der Waals surface area contributed by atoms with E-state index in [4.69, 9.17) is 5.11 Å². The first-order valence-corrected chi connectivity index (χ1v) is 4.73. The summed E-state index contributed by atoms with van der Waals surface area (Å²) in [5, 5.41) is 18.3. The smallest absolute Gasteiger partial charge is 0.335 e. The molecule has 0 aliphatic carbocycles. The molecule has 1 aliphatic heterocycles. The van der Waals surface area contributed by atoms with Gasteiger partial charge in [0.05, 0.1) is 0 Å². The Kier molecular flexibility index (Phi) is 3.10. The Morgan fingerprint density at radius 2 is 1.86 bits per heavy atom. The van der Waals surface area contributed by atoms with E-state index >= 15 is 0 Å². The number of aliphatic hydroxyl groups is 1. The third-order valence-corrected chi connectivity index (χ3v) is 2.64. The van der Waals surface area contributed by atoms with E-state index in [-0.39, 0.29) is 18.7 Å². The molecular formula is C9H15NO4. The van der Waals surface area contributed by atoms with Gasteiger partial charge in [-0.2, -0.15) is 0 Å². The van der Waals surface area contributed by atoms with Gasteiger partial charge in [0.2, 0.25) is 5.91 Å². The third kappa shape index (κ3) is 2.04. The molecule has 5 heteroatoms. The van der Waals surface area contributed by atoms with E-state index in [0.717, 1.165) is 0 Å². The number of carbonyl (C=O) groups is 2. The standard InChI is InChI=1S/C9H15NO4/c1-2-7(11)10-5-3-9(14,4-6-10)8(12)13/h14H,2-6H2,1H3,(H,12,13). The zero-order chi connectivity index (χ0) is 10.8. The number of hydrogen-bond acceptors (Lipinski definition) is 3. The number of likely N-dealkylation sites (tertiary alicyclic amines) is 1. The summed E-state index contributed by atoms with van der Waals surface area (Å²) in [5.41, 5.74) is -1.63. The summed E-state index contributed by atoms with van der Waals surface area (Å²) >= 11 is 0. The van der Waals surface area contributed by atoms with Crippen molar-refractivity contribution in [1.82, 2.24) is 4.90 Å². The molecule has 0 aromatic carbocycles. The van der Waals surface area contributed by atoms with Crippen LogP contribution < -0.4 is 0 Å². The number of aliphatic carboxylic acids is 1. The van der Waals surface area contributed by atoms with E-state index in [0.29, 0.717) is 19.5 Å². The summed E-state index contributed by atoms with van der Waals surface area (Å²) < 4.78 is 0. The molecule has 80 valence electrons. The third-order valence-electron chi connectivity index (χ3n) is 2.64. The second kappa shape index (κ2) is 3.96. The van der Waals surface area contributed by atoms with Crippen molar-refractivity contribution < 1.29 is 19.8 Å². The van der Waals surface area contributed by atoms with E-state index in [1.165, 1.54) is 0 Å². The van der Waals surface area contributed by atoms with Crippen LogP contribution in [0.3, 0.4) is 0 Å². The maximum Gasteiger partial charge on any atom is 0.335 e. The van der Waals surface area contributed by atoms with Crippen LogP contribution in [0.4, 0.5) is 0 Å². The quantitative estimate of drug-likeness (QED) is 0.650. The lowest BCUT2D eigenvalue weighted by Crippen LogP contribution is -2.50. The molecule has 0 atom stereocenters. The molecule has 1 saturated heterocycles. The maximum atomic E-state index is 11.2.